The number of aromatic nitrogens is 3. The second kappa shape index (κ2) is 11.3. The number of para-hydroxylation sites is 2. The quantitative estimate of drug-likeness (QED) is 0.188. The number of hydrogen-bond acceptors (Lipinski definition) is 3. The summed E-state index contributed by atoms with van der Waals surface area (Å²) in [7, 11) is 0. The molecule has 0 saturated heterocycles. The number of fused-ring (bicyclic) bond motifs is 8. The van der Waals surface area contributed by atoms with E-state index in [1.54, 1.807) is 0 Å². The zero-order chi connectivity index (χ0) is 35.0. The van der Waals surface area contributed by atoms with E-state index < -0.39 is 0 Å². The predicted molar refractivity (Wildman–Crippen MR) is 212 cm³/mol. The number of benzene rings is 7. The van der Waals surface area contributed by atoms with Crippen molar-refractivity contribution in [2.24, 2.45) is 0 Å². The third kappa shape index (κ3) is 4.39. The van der Waals surface area contributed by atoms with Crippen molar-refractivity contribution < 1.29 is 0 Å². The van der Waals surface area contributed by atoms with Gasteiger partial charge in [0.15, 0.2) is 5.82 Å². The van der Waals surface area contributed by atoms with E-state index >= 15 is 0 Å². The van der Waals surface area contributed by atoms with Crippen LogP contribution in [-0.4, -0.2) is 14.5 Å². The molecule has 0 aliphatic heterocycles. The number of nitriles is 1. The van der Waals surface area contributed by atoms with E-state index in [2.05, 4.69) is 128 Å². The Hall–Kier alpha value is -6.83. The van der Waals surface area contributed by atoms with Crippen LogP contribution in [-0.2, 0) is 5.41 Å². The molecule has 0 spiro atoms. The zero-order valence-electron chi connectivity index (χ0n) is 28.8. The van der Waals surface area contributed by atoms with Gasteiger partial charge in [-0.05, 0) is 69.8 Å². The van der Waals surface area contributed by atoms with Crippen LogP contribution in [0.1, 0.15) is 30.5 Å². The Morgan fingerprint density at radius 3 is 2.10 bits per heavy atom. The van der Waals surface area contributed by atoms with Gasteiger partial charge in [-0.3, -0.25) is 0 Å². The molecule has 9 aromatic rings. The molecule has 10 rings (SSSR count). The minimum Gasteiger partial charge on any atom is -0.309 e. The van der Waals surface area contributed by atoms with E-state index in [0.29, 0.717) is 11.4 Å². The van der Waals surface area contributed by atoms with Gasteiger partial charge in [-0.2, -0.15) is 5.26 Å². The molecule has 1 aliphatic rings. The first-order chi connectivity index (χ1) is 25.5. The molecular formula is C48H32N4. The minimum atomic E-state index is -0.225. The average molecular weight is 665 g/mol. The zero-order valence-corrected chi connectivity index (χ0v) is 28.8. The van der Waals surface area contributed by atoms with Gasteiger partial charge in [0.2, 0.25) is 0 Å². The van der Waals surface area contributed by atoms with E-state index in [-0.39, 0.29) is 5.41 Å². The fourth-order valence-electron chi connectivity index (χ4n) is 8.46. The topological polar surface area (TPSA) is 54.5 Å². The summed E-state index contributed by atoms with van der Waals surface area (Å²) in [6, 6.07) is 57.4. The van der Waals surface area contributed by atoms with Crippen LogP contribution in [0, 0.1) is 11.3 Å². The van der Waals surface area contributed by atoms with Gasteiger partial charge in [0, 0.05) is 38.4 Å². The standard InChI is InChI=1S/C48H32N4/c1-48(2)41-21-11-8-18-36(41)38-24-25-39-37-19-10-13-23-43(37)52(46(39)44(38)48)34-27-32(35-17-7-6-16-31(35)29-49)26-33(28-34)47-50-42-22-12-9-20-40(42)45(51-47)30-14-4-3-5-15-30/h3-28H,1-2H3. The SMILES string of the molecule is CC1(C)c2ccccc2-c2ccc3c4ccccc4n(-c4cc(-c5nc(-c6ccccc6)c6ccccc6n5)cc(-c5ccccc5C#N)c4)c3c21. The minimum absolute atomic E-state index is 0.225. The first-order valence-corrected chi connectivity index (χ1v) is 17.7. The number of hydrogen-bond donors (Lipinski definition) is 0. The van der Waals surface area contributed by atoms with Gasteiger partial charge in [0.1, 0.15) is 0 Å². The van der Waals surface area contributed by atoms with Gasteiger partial charge >= 0.3 is 0 Å². The molecule has 2 heterocycles. The molecule has 0 amide bonds. The second-order valence-electron chi connectivity index (χ2n) is 14.1. The molecule has 0 fully saturated rings. The Kier molecular flexibility index (Phi) is 6.55. The van der Waals surface area contributed by atoms with Crippen LogP contribution >= 0.6 is 0 Å². The summed E-state index contributed by atoms with van der Waals surface area (Å²) in [5.41, 5.74) is 14.4. The van der Waals surface area contributed by atoms with Crippen molar-refractivity contribution in [3.8, 4) is 56.7 Å². The smallest absolute Gasteiger partial charge is 0.160 e. The lowest BCUT2D eigenvalue weighted by atomic mass is 9.81. The highest BCUT2D eigenvalue weighted by Gasteiger charge is 2.38. The molecule has 4 heteroatoms. The van der Waals surface area contributed by atoms with Crippen molar-refractivity contribution >= 4 is 32.7 Å². The maximum Gasteiger partial charge on any atom is 0.160 e. The van der Waals surface area contributed by atoms with Crippen molar-refractivity contribution in [2.45, 2.75) is 19.3 Å². The molecule has 7 aromatic carbocycles. The summed E-state index contributed by atoms with van der Waals surface area (Å²) in [6.45, 7) is 4.69. The van der Waals surface area contributed by atoms with Crippen LogP contribution in [0.15, 0.2) is 158 Å². The first kappa shape index (κ1) is 30.0. The monoisotopic (exact) mass is 664 g/mol. The molecule has 244 valence electrons. The van der Waals surface area contributed by atoms with Crippen molar-refractivity contribution in [3.63, 3.8) is 0 Å². The Morgan fingerprint density at radius 2 is 1.25 bits per heavy atom. The Balaban J connectivity index is 1.32. The van der Waals surface area contributed by atoms with Crippen LogP contribution < -0.4 is 0 Å². The number of nitrogens with zero attached hydrogens (tertiary/aromatic N) is 4. The summed E-state index contributed by atoms with van der Waals surface area (Å²) < 4.78 is 2.43. The van der Waals surface area contributed by atoms with Gasteiger partial charge in [-0.25, -0.2) is 9.97 Å². The Labute approximate surface area is 301 Å². The lowest BCUT2D eigenvalue weighted by Gasteiger charge is -2.24. The molecule has 0 N–H and O–H groups in total. The Morgan fingerprint density at radius 1 is 0.558 bits per heavy atom. The van der Waals surface area contributed by atoms with Gasteiger partial charge in [-0.15, -0.1) is 0 Å². The molecule has 2 aromatic heterocycles. The van der Waals surface area contributed by atoms with Crippen LogP contribution in [0.4, 0.5) is 0 Å². The summed E-state index contributed by atoms with van der Waals surface area (Å²) >= 11 is 0. The predicted octanol–water partition coefficient (Wildman–Crippen LogP) is 11.9. The van der Waals surface area contributed by atoms with Crippen LogP contribution in [0.3, 0.4) is 0 Å². The fraction of sp³-hybridized carbons (Fsp3) is 0.0625. The molecule has 52 heavy (non-hydrogen) atoms. The molecule has 1 aliphatic carbocycles. The summed E-state index contributed by atoms with van der Waals surface area (Å²) in [5, 5.41) is 13.7. The van der Waals surface area contributed by atoms with E-state index in [9.17, 15) is 5.26 Å². The number of rotatable bonds is 4. The summed E-state index contributed by atoms with van der Waals surface area (Å²) in [6.07, 6.45) is 0. The fourth-order valence-corrected chi connectivity index (χ4v) is 8.46. The molecule has 0 unspecified atom stereocenters. The molecule has 0 saturated carbocycles. The van der Waals surface area contributed by atoms with Gasteiger partial charge in [0.25, 0.3) is 0 Å². The highest BCUT2D eigenvalue weighted by atomic mass is 15.0. The highest BCUT2D eigenvalue weighted by Crippen LogP contribution is 2.53. The van der Waals surface area contributed by atoms with Crippen LogP contribution in [0.2, 0.25) is 0 Å². The molecular weight excluding hydrogens is 633 g/mol. The molecule has 0 atom stereocenters. The maximum absolute atomic E-state index is 10.3. The maximum atomic E-state index is 10.3. The largest absolute Gasteiger partial charge is 0.309 e. The van der Waals surface area contributed by atoms with Gasteiger partial charge in [-0.1, -0.05) is 135 Å². The lowest BCUT2D eigenvalue weighted by Crippen LogP contribution is -2.16. The lowest BCUT2D eigenvalue weighted by molar-refractivity contribution is 0.664. The molecule has 0 bridgehead atoms. The van der Waals surface area contributed by atoms with Crippen LogP contribution in [0.25, 0.3) is 83.3 Å². The van der Waals surface area contributed by atoms with E-state index in [4.69, 9.17) is 9.97 Å². The van der Waals surface area contributed by atoms with Gasteiger partial charge < -0.3 is 4.57 Å². The van der Waals surface area contributed by atoms with Crippen molar-refractivity contribution in [1.29, 1.82) is 5.26 Å². The molecule has 4 nitrogen and oxygen atoms in total. The first-order valence-electron chi connectivity index (χ1n) is 17.7. The summed E-state index contributed by atoms with van der Waals surface area (Å²) in [5.74, 6) is 0.633. The normalized spacial score (nSPS) is 12.9. The average Bonchev–Trinajstić information content (AvgIpc) is 3.66. The van der Waals surface area contributed by atoms with Crippen molar-refractivity contribution in [1.82, 2.24) is 14.5 Å². The van der Waals surface area contributed by atoms with Crippen LogP contribution in [0.5, 0.6) is 0 Å². The third-order valence-corrected chi connectivity index (χ3v) is 10.8. The summed E-state index contributed by atoms with van der Waals surface area (Å²) in [4.78, 5) is 10.5. The van der Waals surface area contributed by atoms with E-state index in [1.807, 2.05) is 54.6 Å². The second-order valence-corrected chi connectivity index (χ2v) is 14.1. The highest BCUT2D eigenvalue weighted by molar-refractivity contribution is 6.13. The third-order valence-electron chi connectivity index (χ3n) is 10.8. The van der Waals surface area contributed by atoms with Crippen molar-refractivity contribution in [3.05, 3.63) is 174 Å². The van der Waals surface area contributed by atoms with Gasteiger partial charge in [0.05, 0.1) is 33.9 Å². The molecule has 0 radical (unpaired) electrons. The van der Waals surface area contributed by atoms with E-state index in [0.717, 1.165) is 50.1 Å². The van der Waals surface area contributed by atoms with Crippen molar-refractivity contribution in [2.75, 3.05) is 0 Å². The Bertz CT molecular complexity index is 2940. The van der Waals surface area contributed by atoms with E-state index in [1.165, 1.54) is 38.5 Å².